The molecule has 1 saturated heterocycles. The molecule has 0 aromatic carbocycles. The molecule has 1 aromatic rings. The van der Waals surface area contributed by atoms with E-state index in [0.29, 0.717) is 11.9 Å². The first kappa shape index (κ1) is 12.1. The van der Waals surface area contributed by atoms with E-state index in [1.807, 2.05) is 6.92 Å². The molecule has 0 bridgehead atoms. The summed E-state index contributed by atoms with van der Waals surface area (Å²) >= 11 is 0. The summed E-state index contributed by atoms with van der Waals surface area (Å²) in [7, 11) is 2.16. The Morgan fingerprint density at radius 1 is 1.59 bits per heavy atom. The van der Waals surface area contributed by atoms with Crippen LogP contribution in [0.25, 0.3) is 0 Å². The van der Waals surface area contributed by atoms with E-state index >= 15 is 0 Å². The summed E-state index contributed by atoms with van der Waals surface area (Å²) in [5.41, 5.74) is 3.50. The molecule has 2 heterocycles. The molecule has 6 heteroatoms. The molecule has 1 fully saturated rings. The highest BCUT2D eigenvalue weighted by Crippen LogP contribution is 2.17. The van der Waals surface area contributed by atoms with E-state index in [4.69, 9.17) is 5.84 Å². The maximum absolute atomic E-state index is 5.30. The molecule has 0 radical (unpaired) electrons. The summed E-state index contributed by atoms with van der Waals surface area (Å²) in [6, 6.07) is 0. The quantitative estimate of drug-likeness (QED) is 0.520. The molecular weight excluding hydrogens is 216 g/mol. The summed E-state index contributed by atoms with van der Waals surface area (Å²) < 4.78 is 0. The van der Waals surface area contributed by atoms with Crippen LogP contribution in [-0.2, 0) is 0 Å². The molecule has 0 saturated carbocycles. The maximum atomic E-state index is 5.30. The van der Waals surface area contributed by atoms with Crippen molar-refractivity contribution in [1.82, 2.24) is 14.9 Å². The van der Waals surface area contributed by atoms with E-state index in [-0.39, 0.29) is 0 Å². The van der Waals surface area contributed by atoms with Gasteiger partial charge in [0.1, 0.15) is 5.82 Å². The first-order valence-electron chi connectivity index (χ1n) is 5.91. The van der Waals surface area contributed by atoms with Crippen molar-refractivity contribution >= 4 is 11.8 Å². The first-order chi connectivity index (χ1) is 8.19. The molecule has 1 unspecified atom stereocenters. The van der Waals surface area contributed by atoms with Crippen molar-refractivity contribution in [1.29, 1.82) is 0 Å². The number of hydrogen-bond acceptors (Lipinski definition) is 6. The van der Waals surface area contributed by atoms with Crippen molar-refractivity contribution in [3.8, 4) is 0 Å². The lowest BCUT2D eigenvalue weighted by Gasteiger charge is -2.13. The van der Waals surface area contributed by atoms with Gasteiger partial charge < -0.3 is 10.2 Å². The van der Waals surface area contributed by atoms with Gasteiger partial charge in [-0.3, -0.25) is 5.43 Å². The number of aromatic nitrogens is 2. The highest BCUT2D eigenvalue weighted by atomic mass is 15.3. The molecule has 0 amide bonds. The van der Waals surface area contributed by atoms with Gasteiger partial charge in [-0.05, 0) is 32.9 Å². The van der Waals surface area contributed by atoms with E-state index in [1.54, 1.807) is 6.20 Å². The smallest absolute Gasteiger partial charge is 0.239 e. The number of likely N-dealkylation sites (tertiary alicyclic amines) is 1. The van der Waals surface area contributed by atoms with Gasteiger partial charge in [0, 0.05) is 24.8 Å². The largest absolute Gasteiger partial charge is 0.369 e. The van der Waals surface area contributed by atoms with Crippen molar-refractivity contribution in [3.63, 3.8) is 0 Å². The average molecular weight is 236 g/mol. The SMILES string of the molecule is Cc1cnc(NN)nc1NCC1CCN(C)C1. The zero-order chi connectivity index (χ0) is 12.3. The van der Waals surface area contributed by atoms with Gasteiger partial charge in [0.2, 0.25) is 5.95 Å². The number of hydrogen-bond donors (Lipinski definition) is 3. The van der Waals surface area contributed by atoms with Crippen LogP contribution in [0.3, 0.4) is 0 Å². The van der Waals surface area contributed by atoms with Gasteiger partial charge in [0.05, 0.1) is 0 Å². The minimum absolute atomic E-state index is 0.446. The fourth-order valence-electron chi connectivity index (χ4n) is 2.12. The zero-order valence-electron chi connectivity index (χ0n) is 10.4. The predicted molar refractivity (Wildman–Crippen MR) is 68.7 cm³/mol. The average Bonchev–Trinajstić information content (AvgIpc) is 2.74. The number of rotatable bonds is 4. The van der Waals surface area contributed by atoms with E-state index in [1.165, 1.54) is 13.0 Å². The minimum atomic E-state index is 0.446. The predicted octanol–water partition coefficient (Wildman–Crippen LogP) is 0.434. The van der Waals surface area contributed by atoms with Gasteiger partial charge in [0.15, 0.2) is 0 Å². The monoisotopic (exact) mass is 236 g/mol. The van der Waals surface area contributed by atoms with Crippen molar-refractivity contribution in [2.24, 2.45) is 11.8 Å². The zero-order valence-corrected chi connectivity index (χ0v) is 10.4. The normalized spacial score (nSPS) is 20.5. The Balaban J connectivity index is 1.94. The van der Waals surface area contributed by atoms with Gasteiger partial charge in [-0.2, -0.15) is 4.98 Å². The molecule has 4 N–H and O–H groups in total. The molecule has 6 nitrogen and oxygen atoms in total. The molecule has 0 aliphatic carbocycles. The van der Waals surface area contributed by atoms with Crippen LogP contribution in [0.1, 0.15) is 12.0 Å². The summed E-state index contributed by atoms with van der Waals surface area (Å²) in [6.07, 6.45) is 3.01. The second kappa shape index (κ2) is 5.29. The van der Waals surface area contributed by atoms with Gasteiger partial charge in [0.25, 0.3) is 0 Å². The molecule has 1 aliphatic heterocycles. The number of anilines is 2. The Bertz CT molecular complexity index is 380. The lowest BCUT2D eigenvalue weighted by Crippen LogP contribution is -2.20. The second-order valence-electron chi connectivity index (χ2n) is 4.67. The minimum Gasteiger partial charge on any atom is -0.369 e. The number of nitrogens with zero attached hydrogens (tertiary/aromatic N) is 3. The first-order valence-corrected chi connectivity index (χ1v) is 5.91. The lowest BCUT2D eigenvalue weighted by atomic mass is 10.1. The van der Waals surface area contributed by atoms with Gasteiger partial charge >= 0.3 is 0 Å². The Morgan fingerprint density at radius 2 is 2.41 bits per heavy atom. The van der Waals surface area contributed by atoms with Crippen LogP contribution in [0.2, 0.25) is 0 Å². The summed E-state index contributed by atoms with van der Waals surface area (Å²) in [5.74, 6) is 7.30. The van der Waals surface area contributed by atoms with Gasteiger partial charge in [-0.25, -0.2) is 10.8 Å². The Hall–Kier alpha value is -1.40. The number of aryl methyl sites for hydroxylation is 1. The summed E-state index contributed by atoms with van der Waals surface area (Å²) in [6.45, 7) is 5.28. The number of nitrogens with two attached hydrogens (primary N) is 1. The third-order valence-electron chi connectivity index (χ3n) is 3.15. The van der Waals surface area contributed by atoms with Crippen molar-refractivity contribution in [3.05, 3.63) is 11.8 Å². The molecule has 1 atom stereocenters. The second-order valence-corrected chi connectivity index (χ2v) is 4.67. The van der Waals surface area contributed by atoms with E-state index in [9.17, 15) is 0 Å². The molecule has 0 spiro atoms. The van der Waals surface area contributed by atoms with Crippen LogP contribution in [0.15, 0.2) is 6.20 Å². The topological polar surface area (TPSA) is 79.1 Å². The van der Waals surface area contributed by atoms with Crippen LogP contribution in [0.5, 0.6) is 0 Å². The molecule has 2 rings (SSSR count). The van der Waals surface area contributed by atoms with Gasteiger partial charge in [-0.1, -0.05) is 0 Å². The third kappa shape index (κ3) is 3.04. The Labute approximate surface area is 102 Å². The molecule has 1 aromatic heterocycles. The Morgan fingerprint density at radius 3 is 3.06 bits per heavy atom. The van der Waals surface area contributed by atoms with Crippen LogP contribution in [-0.4, -0.2) is 41.5 Å². The summed E-state index contributed by atoms with van der Waals surface area (Å²) in [4.78, 5) is 10.7. The standard InChI is InChI=1S/C11H20N6/c1-8-5-14-11(16-12)15-10(8)13-6-9-3-4-17(2)7-9/h5,9H,3-4,6-7,12H2,1-2H3,(H2,13,14,15,16). The fourth-order valence-corrected chi connectivity index (χ4v) is 2.12. The third-order valence-corrected chi connectivity index (χ3v) is 3.15. The van der Waals surface area contributed by atoms with E-state index in [2.05, 4.69) is 32.7 Å². The molecular formula is C11H20N6. The highest BCUT2D eigenvalue weighted by Gasteiger charge is 2.19. The van der Waals surface area contributed by atoms with Gasteiger partial charge in [-0.15, -0.1) is 0 Å². The number of nitrogen functional groups attached to an aromatic ring is 1. The lowest BCUT2D eigenvalue weighted by molar-refractivity contribution is 0.399. The molecule has 94 valence electrons. The number of hydrazine groups is 1. The molecule has 17 heavy (non-hydrogen) atoms. The van der Waals surface area contributed by atoms with Crippen LogP contribution < -0.4 is 16.6 Å². The van der Waals surface area contributed by atoms with E-state index < -0.39 is 0 Å². The van der Waals surface area contributed by atoms with Crippen molar-refractivity contribution < 1.29 is 0 Å². The van der Waals surface area contributed by atoms with Crippen LogP contribution in [0, 0.1) is 12.8 Å². The number of nitrogens with one attached hydrogen (secondary N) is 2. The highest BCUT2D eigenvalue weighted by molar-refractivity contribution is 5.46. The fraction of sp³-hybridized carbons (Fsp3) is 0.636. The summed E-state index contributed by atoms with van der Waals surface area (Å²) in [5, 5.41) is 3.38. The maximum Gasteiger partial charge on any atom is 0.239 e. The van der Waals surface area contributed by atoms with E-state index in [0.717, 1.165) is 24.5 Å². The Kier molecular flexibility index (Phi) is 3.75. The molecule has 1 aliphatic rings. The van der Waals surface area contributed by atoms with Crippen LogP contribution in [0.4, 0.5) is 11.8 Å². The van der Waals surface area contributed by atoms with Crippen molar-refractivity contribution in [2.45, 2.75) is 13.3 Å². The van der Waals surface area contributed by atoms with Crippen molar-refractivity contribution in [2.75, 3.05) is 37.4 Å². The van der Waals surface area contributed by atoms with Crippen LogP contribution >= 0.6 is 0 Å².